The highest BCUT2D eigenvalue weighted by Crippen LogP contribution is 2.69. The summed E-state index contributed by atoms with van der Waals surface area (Å²) in [5.41, 5.74) is 0.864. The number of benzene rings is 1. The Hall–Kier alpha value is -1.36. The number of amides is 1. The van der Waals surface area contributed by atoms with E-state index in [-0.39, 0.29) is 17.4 Å². The van der Waals surface area contributed by atoms with E-state index < -0.39 is 5.97 Å². The summed E-state index contributed by atoms with van der Waals surface area (Å²) in [6.45, 7) is 0. The second kappa shape index (κ2) is 4.57. The summed E-state index contributed by atoms with van der Waals surface area (Å²) in [6, 6.07) is 4.69. The van der Waals surface area contributed by atoms with Crippen molar-refractivity contribution in [3.05, 3.63) is 28.2 Å². The molecule has 3 saturated carbocycles. The van der Waals surface area contributed by atoms with Crippen molar-refractivity contribution in [1.82, 2.24) is 0 Å². The largest absolute Gasteiger partial charge is 0.478 e. The van der Waals surface area contributed by atoms with Gasteiger partial charge in [0.25, 0.3) is 0 Å². The smallest absolute Gasteiger partial charge is 0.335 e. The highest BCUT2D eigenvalue weighted by molar-refractivity contribution is 9.10. The molecule has 2 bridgehead atoms. The third kappa shape index (κ3) is 2.01. The quantitative estimate of drug-likeness (QED) is 0.878. The van der Waals surface area contributed by atoms with E-state index >= 15 is 0 Å². The lowest BCUT2D eigenvalue weighted by atomic mass is 10.0. The Balaban J connectivity index is 1.47. The van der Waals surface area contributed by atoms with E-state index in [0.717, 1.165) is 11.8 Å². The molecule has 4 nitrogen and oxygen atoms in total. The van der Waals surface area contributed by atoms with E-state index in [1.54, 1.807) is 6.07 Å². The Morgan fingerprint density at radius 1 is 1.19 bits per heavy atom. The normalized spacial score (nSPS) is 35.4. The third-order valence-electron chi connectivity index (χ3n) is 5.51. The summed E-state index contributed by atoms with van der Waals surface area (Å²) < 4.78 is 0.615. The van der Waals surface area contributed by atoms with Gasteiger partial charge in [-0.05, 0) is 77.1 Å². The molecule has 3 aliphatic rings. The fourth-order valence-corrected chi connectivity index (χ4v) is 5.12. The summed E-state index contributed by atoms with van der Waals surface area (Å²) in [5.74, 6) is 2.08. The predicted octanol–water partition coefficient (Wildman–Crippen LogP) is 3.38. The zero-order valence-electron chi connectivity index (χ0n) is 11.4. The molecule has 4 rings (SSSR count). The van der Waals surface area contributed by atoms with Crippen LogP contribution in [0.25, 0.3) is 0 Å². The number of rotatable bonds is 3. The molecule has 2 N–H and O–H groups in total. The Labute approximate surface area is 131 Å². The lowest BCUT2D eigenvalue weighted by Crippen LogP contribution is -2.18. The number of carbonyl (C=O) groups is 2. The van der Waals surface area contributed by atoms with Crippen molar-refractivity contribution in [2.24, 2.45) is 29.6 Å². The number of carbonyl (C=O) groups excluding carboxylic acids is 1. The van der Waals surface area contributed by atoms with Crippen LogP contribution < -0.4 is 5.32 Å². The summed E-state index contributed by atoms with van der Waals surface area (Å²) in [4.78, 5) is 23.3. The van der Waals surface area contributed by atoms with Crippen LogP contribution in [0.1, 0.15) is 29.6 Å². The molecule has 4 unspecified atom stereocenters. The van der Waals surface area contributed by atoms with Crippen molar-refractivity contribution in [3.63, 3.8) is 0 Å². The Bertz CT molecular complexity index is 628. The van der Waals surface area contributed by atoms with Gasteiger partial charge in [-0.1, -0.05) is 0 Å². The molecule has 0 saturated heterocycles. The van der Waals surface area contributed by atoms with Crippen molar-refractivity contribution in [2.75, 3.05) is 5.32 Å². The Morgan fingerprint density at radius 3 is 2.43 bits per heavy atom. The fourth-order valence-electron chi connectivity index (χ4n) is 4.64. The summed E-state index contributed by atoms with van der Waals surface area (Å²) in [5, 5.41) is 11.9. The SMILES string of the molecule is O=C(O)c1ccc(NC(=O)C2C3C4CCC(C4)C23)c(Br)c1. The van der Waals surface area contributed by atoms with Crippen LogP contribution in [0.5, 0.6) is 0 Å². The van der Waals surface area contributed by atoms with Crippen LogP contribution in [-0.4, -0.2) is 17.0 Å². The summed E-state index contributed by atoms with van der Waals surface area (Å²) >= 11 is 3.33. The molecular weight excluding hydrogens is 334 g/mol. The molecule has 3 aliphatic carbocycles. The molecule has 1 amide bonds. The van der Waals surface area contributed by atoms with E-state index in [9.17, 15) is 9.59 Å². The van der Waals surface area contributed by atoms with E-state index in [4.69, 9.17) is 5.11 Å². The zero-order valence-corrected chi connectivity index (χ0v) is 13.0. The molecule has 1 aromatic rings. The van der Waals surface area contributed by atoms with Gasteiger partial charge in [-0.2, -0.15) is 0 Å². The lowest BCUT2D eigenvalue weighted by molar-refractivity contribution is -0.118. The highest BCUT2D eigenvalue weighted by atomic mass is 79.9. The van der Waals surface area contributed by atoms with Gasteiger partial charge < -0.3 is 10.4 Å². The molecule has 0 spiro atoms. The van der Waals surface area contributed by atoms with Crippen molar-refractivity contribution < 1.29 is 14.7 Å². The van der Waals surface area contributed by atoms with E-state index in [1.165, 1.54) is 31.4 Å². The average Bonchev–Trinajstić information content (AvgIpc) is 2.89. The standard InChI is InChI=1S/C16H16BrNO3/c17-10-6-9(16(20)21)3-4-11(10)18-15(19)14-12-7-1-2-8(5-7)13(12)14/h3-4,6-8,12-14H,1-2,5H2,(H,18,19)(H,20,21). The molecule has 0 radical (unpaired) electrons. The first-order chi connectivity index (χ1) is 10.1. The molecule has 0 heterocycles. The molecule has 110 valence electrons. The number of aromatic carboxylic acids is 1. The average molecular weight is 350 g/mol. The number of carboxylic acid groups (broad SMARTS) is 1. The number of nitrogens with one attached hydrogen (secondary N) is 1. The molecule has 1 aromatic carbocycles. The lowest BCUT2D eigenvalue weighted by Gasteiger charge is -2.11. The number of fused-ring (bicyclic) bond motifs is 5. The number of hydrogen-bond acceptors (Lipinski definition) is 2. The summed E-state index contributed by atoms with van der Waals surface area (Å²) in [7, 11) is 0. The fraction of sp³-hybridized carbons (Fsp3) is 0.500. The van der Waals surface area contributed by atoms with Crippen molar-refractivity contribution in [1.29, 1.82) is 0 Å². The topological polar surface area (TPSA) is 66.4 Å². The second-order valence-electron chi connectivity index (χ2n) is 6.50. The van der Waals surface area contributed by atoms with Crippen molar-refractivity contribution in [3.8, 4) is 0 Å². The maximum atomic E-state index is 12.4. The van der Waals surface area contributed by atoms with Gasteiger partial charge >= 0.3 is 5.97 Å². The van der Waals surface area contributed by atoms with Gasteiger partial charge in [-0.25, -0.2) is 4.79 Å². The second-order valence-corrected chi connectivity index (χ2v) is 7.36. The van der Waals surface area contributed by atoms with Gasteiger partial charge in [0.05, 0.1) is 11.3 Å². The number of hydrogen-bond donors (Lipinski definition) is 2. The molecule has 4 atom stereocenters. The Kier molecular flexibility index (Phi) is 2.89. The van der Waals surface area contributed by atoms with Crippen molar-refractivity contribution in [2.45, 2.75) is 19.3 Å². The van der Waals surface area contributed by atoms with Gasteiger partial charge in [0, 0.05) is 10.4 Å². The van der Waals surface area contributed by atoms with Gasteiger partial charge in [0.2, 0.25) is 5.91 Å². The number of carboxylic acids is 1. The van der Waals surface area contributed by atoms with Crippen LogP contribution in [0.2, 0.25) is 0 Å². The molecular formula is C16H16BrNO3. The van der Waals surface area contributed by atoms with Crippen LogP contribution >= 0.6 is 15.9 Å². The molecule has 0 aromatic heterocycles. The first kappa shape index (κ1) is 13.3. The van der Waals surface area contributed by atoms with Gasteiger partial charge in [-0.3, -0.25) is 4.79 Å². The monoisotopic (exact) mass is 349 g/mol. The first-order valence-corrected chi connectivity index (χ1v) is 8.19. The third-order valence-corrected chi connectivity index (χ3v) is 6.17. The predicted molar refractivity (Wildman–Crippen MR) is 81.0 cm³/mol. The minimum atomic E-state index is -0.970. The van der Waals surface area contributed by atoms with Crippen LogP contribution in [0.15, 0.2) is 22.7 Å². The van der Waals surface area contributed by atoms with E-state index in [0.29, 0.717) is 22.0 Å². The number of halogens is 1. The van der Waals surface area contributed by atoms with E-state index in [2.05, 4.69) is 21.2 Å². The van der Waals surface area contributed by atoms with Gasteiger partial charge in [0.15, 0.2) is 0 Å². The van der Waals surface area contributed by atoms with Crippen LogP contribution in [0.3, 0.4) is 0 Å². The van der Waals surface area contributed by atoms with Gasteiger partial charge in [-0.15, -0.1) is 0 Å². The van der Waals surface area contributed by atoms with Crippen LogP contribution in [0, 0.1) is 29.6 Å². The maximum Gasteiger partial charge on any atom is 0.335 e. The number of anilines is 1. The Morgan fingerprint density at radius 2 is 1.86 bits per heavy atom. The molecule has 3 fully saturated rings. The maximum absolute atomic E-state index is 12.4. The van der Waals surface area contributed by atoms with Crippen molar-refractivity contribution >= 4 is 33.5 Å². The zero-order chi connectivity index (χ0) is 14.7. The van der Waals surface area contributed by atoms with Crippen LogP contribution in [-0.2, 0) is 4.79 Å². The highest BCUT2D eigenvalue weighted by Gasteiger charge is 2.67. The molecule has 21 heavy (non-hydrogen) atoms. The summed E-state index contributed by atoms with van der Waals surface area (Å²) in [6.07, 6.45) is 3.93. The molecule has 5 heteroatoms. The minimum absolute atomic E-state index is 0.102. The van der Waals surface area contributed by atoms with Gasteiger partial charge in [0.1, 0.15) is 0 Å². The van der Waals surface area contributed by atoms with Crippen LogP contribution in [0.4, 0.5) is 5.69 Å². The van der Waals surface area contributed by atoms with E-state index in [1.807, 2.05) is 0 Å². The minimum Gasteiger partial charge on any atom is -0.478 e. The first-order valence-electron chi connectivity index (χ1n) is 7.40. The molecule has 0 aliphatic heterocycles.